The topological polar surface area (TPSA) is 66.5 Å². The van der Waals surface area contributed by atoms with Gasteiger partial charge >= 0.3 is 0 Å². The van der Waals surface area contributed by atoms with Crippen LogP contribution < -0.4 is 9.62 Å². The zero-order valence-corrected chi connectivity index (χ0v) is 21.6. The summed E-state index contributed by atoms with van der Waals surface area (Å²) < 4.78 is 26.4. The summed E-state index contributed by atoms with van der Waals surface area (Å²) in [7, 11) is -3.59. The molecule has 0 saturated carbocycles. The van der Waals surface area contributed by atoms with Crippen molar-refractivity contribution in [3.63, 3.8) is 0 Å². The quantitative estimate of drug-likeness (QED) is 0.305. The number of anilines is 1. The number of nitrogens with zero attached hydrogens (tertiary/aromatic N) is 1. The van der Waals surface area contributed by atoms with Crippen molar-refractivity contribution in [1.82, 2.24) is 5.32 Å². The second-order valence-corrected chi connectivity index (χ2v) is 10.9. The van der Waals surface area contributed by atoms with Gasteiger partial charge in [-0.1, -0.05) is 84.4 Å². The van der Waals surface area contributed by atoms with E-state index in [1.807, 2.05) is 67.6 Å². The second-order valence-electron chi connectivity index (χ2n) is 8.58. The molecular formula is C29H27ClN2O3S. The van der Waals surface area contributed by atoms with Gasteiger partial charge in [0.15, 0.2) is 0 Å². The van der Waals surface area contributed by atoms with Crippen LogP contribution in [0.4, 0.5) is 5.69 Å². The molecular weight excluding hydrogens is 492 g/mol. The SMILES string of the molecule is Cc1ccccc1[C@@H](NC(=O)c1ccc(N(Cc2ccccc2Cl)S(C)(=O)=O)cc1)c1ccccc1. The van der Waals surface area contributed by atoms with Gasteiger partial charge in [-0.3, -0.25) is 9.10 Å². The first-order valence-corrected chi connectivity index (χ1v) is 13.7. The van der Waals surface area contributed by atoms with Gasteiger partial charge in [-0.15, -0.1) is 0 Å². The minimum absolute atomic E-state index is 0.0907. The average Bonchev–Trinajstić information content (AvgIpc) is 2.87. The number of carbonyl (C=O) groups is 1. The predicted molar refractivity (Wildman–Crippen MR) is 146 cm³/mol. The Kier molecular flexibility index (Phi) is 7.77. The largest absolute Gasteiger partial charge is 0.341 e. The second kappa shape index (κ2) is 11.0. The molecule has 4 aromatic rings. The van der Waals surface area contributed by atoms with Crippen LogP contribution in [0.3, 0.4) is 0 Å². The number of rotatable bonds is 8. The fourth-order valence-electron chi connectivity index (χ4n) is 4.07. The van der Waals surface area contributed by atoms with Crippen LogP contribution in [0.25, 0.3) is 0 Å². The molecule has 0 unspecified atom stereocenters. The third kappa shape index (κ3) is 5.96. The van der Waals surface area contributed by atoms with E-state index in [1.54, 1.807) is 42.5 Å². The molecule has 0 radical (unpaired) electrons. The highest BCUT2D eigenvalue weighted by molar-refractivity contribution is 7.92. The van der Waals surface area contributed by atoms with Gasteiger partial charge in [-0.05, 0) is 59.5 Å². The van der Waals surface area contributed by atoms with Crippen molar-refractivity contribution in [1.29, 1.82) is 0 Å². The summed E-state index contributed by atoms with van der Waals surface area (Å²) in [6.45, 7) is 2.11. The Balaban J connectivity index is 1.60. The van der Waals surface area contributed by atoms with Gasteiger partial charge in [-0.2, -0.15) is 0 Å². The van der Waals surface area contributed by atoms with Crippen LogP contribution in [0.5, 0.6) is 0 Å². The van der Waals surface area contributed by atoms with Crippen molar-refractivity contribution in [3.8, 4) is 0 Å². The van der Waals surface area contributed by atoms with Crippen molar-refractivity contribution in [3.05, 3.63) is 136 Å². The molecule has 0 aliphatic carbocycles. The Hall–Kier alpha value is -3.61. The monoisotopic (exact) mass is 518 g/mol. The Morgan fingerprint density at radius 3 is 2.11 bits per heavy atom. The molecule has 1 N–H and O–H groups in total. The number of sulfonamides is 1. The van der Waals surface area contributed by atoms with Crippen LogP contribution in [0.1, 0.15) is 38.7 Å². The summed E-state index contributed by atoms with van der Waals surface area (Å²) in [6, 6.07) is 31.1. The van der Waals surface area contributed by atoms with E-state index < -0.39 is 10.0 Å². The molecule has 7 heteroatoms. The van der Waals surface area contributed by atoms with E-state index in [1.165, 1.54) is 4.31 Å². The highest BCUT2D eigenvalue weighted by atomic mass is 35.5. The number of aryl methyl sites for hydroxylation is 1. The lowest BCUT2D eigenvalue weighted by molar-refractivity contribution is 0.0943. The highest BCUT2D eigenvalue weighted by Crippen LogP contribution is 2.27. The van der Waals surface area contributed by atoms with E-state index in [9.17, 15) is 13.2 Å². The zero-order chi connectivity index (χ0) is 25.7. The molecule has 0 bridgehead atoms. The third-order valence-corrected chi connectivity index (χ3v) is 7.51. The van der Waals surface area contributed by atoms with Crippen LogP contribution in [0.2, 0.25) is 5.02 Å². The van der Waals surface area contributed by atoms with Gasteiger partial charge in [0.1, 0.15) is 0 Å². The number of hydrogen-bond acceptors (Lipinski definition) is 3. The number of carbonyl (C=O) groups excluding carboxylic acids is 1. The van der Waals surface area contributed by atoms with Crippen LogP contribution in [0.15, 0.2) is 103 Å². The van der Waals surface area contributed by atoms with Crippen molar-refractivity contribution in [2.24, 2.45) is 0 Å². The number of halogens is 1. The molecule has 0 fully saturated rings. The average molecular weight is 519 g/mol. The number of hydrogen-bond donors (Lipinski definition) is 1. The van der Waals surface area contributed by atoms with Crippen LogP contribution >= 0.6 is 11.6 Å². The molecule has 1 amide bonds. The Labute approximate surface area is 217 Å². The lowest BCUT2D eigenvalue weighted by Gasteiger charge is -2.24. The van der Waals surface area contributed by atoms with E-state index >= 15 is 0 Å². The van der Waals surface area contributed by atoms with E-state index in [0.717, 1.165) is 22.9 Å². The summed E-state index contributed by atoms with van der Waals surface area (Å²) in [6.07, 6.45) is 1.15. The number of amides is 1. The molecule has 0 saturated heterocycles. The lowest BCUT2D eigenvalue weighted by atomic mass is 9.94. The van der Waals surface area contributed by atoms with Gasteiger partial charge in [0.05, 0.1) is 24.5 Å². The standard InChI is InChI=1S/C29H27ClN2O3S/c1-21-10-6-8-14-26(21)28(22-11-4-3-5-12-22)31-29(33)23-16-18-25(19-17-23)32(36(2,34)35)20-24-13-7-9-15-27(24)30/h3-19,28H,20H2,1-2H3,(H,31,33)/t28-/m0/s1. The summed E-state index contributed by atoms with van der Waals surface area (Å²) >= 11 is 6.26. The molecule has 0 spiro atoms. The van der Waals surface area contributed by atoms with E-state index in [2.05, 4.69) is 5.32 Å². The van der Waals surface area contributed by atoms with Crippen LogP contribution in [0, 0.1) is 6.92 Å². The zero-order valence-electron chi connectivity index (χ0n) is 20.1. The van der Waals surface area contributed by atoms with Gasteiger partial charge < -0.3 is 5.32 Å². The third-order valence-electron chi connectivity index (χ3n) is 6.00. The van der Waals surface area contributed by atoms with Gasteiger partial charge in [-0.25, -0.2) is 8.42 Å². The molecule has 0 heterocycles. The Morgan fingerprint density at radius 2 is 1.47 bits per heavy atom. The fraction of sp³-hybridized carbons (Fsp3) is 0.138. The molecule has 0 aliphatic rings. The summed E-state index contributed by atoms with van der Waals surface area (Å²) in [5.74, 6) is -0.254. The highest BCUT2D eigenvalue weighted by Gasteiger charge is 2.22. The van der Waals surface area contributed by atoms with Crippen molar-refractivity contribution in [2.45, 2.75) is 19.5 Å². The maximum absolute atomic E-state index is 13.3. The smallest absolute Gasteiger partial charge is 0.252 e. The molecule has 36 heavy (non-hydrogen) atoms. The molecule has 4 aromatic carbocycles. The van der Waals surface area contributed by atoms with Gasteiger partial charge in [0, 0.05) is 10.6 Å². The van der Waals surface area contributed by atoms with Crippen LogP contribution in [-0.2, 0) is 16.6 Å². The normalized spacial score (nSPS) is 12.1. The predicted octanol–water partition coefficient (Wildman–Crippen LogP) is 6.13. The minimum Gasteiger partial charge on any atom is -0.341 e. The van der Waals surface area contributed by atoms with Crippen molar-refractivity contribution in [2.75, 3.05) is 10.6 Å². The Morgan fingerprint density at radius 1 is 0.861 bits per heavy atom. The number of nitrogens with one attached hydrogen (secondary N) is 1. The van der Waals surface area contributed by atoms with E-state index in [4.69, 9.17) is 11.6 Å². The van der Waals surface area contributed by atoms with E-state index in [0.29, 0.717) is 21.8 Å². The first-order chi connectivity index (χ1) is 17.2. The maximum Gasteiger partial charge on any atom is 0.252 e. The maximum atomic E-state index is 13.3. The van der Waals surface area contributed by atoms with Gasteiger partial charge in [0.25, 0.3) is 5.91 Å². The first-order valence-electron chi connectivity index (χ1n) is 11.5. The first kappa shape index (κ1) is 25.5. The summed E-state index contributed by atoms with van der Waals surface area (Å²) in [5.41, 5.74) is 4.63. The molecule has 0 aliphatic heterocycles. The molecule has 184 valence electrons. The summed E-state index contributed by atoms with van der Waals surface area (Å²) in [4.78, 5) is 13.3. The van der Waals surface area contributed by atoms with Crippen molar-refractivity contribution >= 4 is 33.2 Å². The lowest BCUT2D eigenvalue weighted by Crippen LogP contribution is -2.31. The fourth-order valence-corrected chi connectivity index (χ4v) is 5.15. The molecule has 4 rings (SSSR count). The Bertz CT molecular complexity index is 1460. The van der Waals surface area contributed by atoms with Gasteiger partial charge in [0.2, 0.25) is 10.0 Å². The number of benzene rings is 4. The molecule has 5 nitrogen and oxygen atoms in total. The molecule has 0 aromatic heterocycles. The van der Waals surface area contributed by atoms with E-state index in [-0.39, 0.29) is 18.5 Å². The van der Waals surface area contributed by atoms with Crippen LogP contribution in [-0.4, -0.2) is 20.6 Å². The minimum atomic E-state index is -3.59. The summed E-state index contributed by atoms with van der Waals surface area (Å²) in [5, 5.41) is 3.64. The molecule has 1 atom stereocenters. The van der Waals surface area contributed by atoms with Crippen molar-refractivity contribution < 1.29 is 13.2 Å².